The van der Waals surface area contributed by atoms with E-state index in [4.69, 9.17) is 4.74 Å². The number of rotatable bonds is 7. The van der Waals surface area contributed by atoms with Crippen LogP contribution in [0.3, 0.4) is 0 Å². The van der Waals surface area contributed by atoms with Gasteiger partial charge in [0.25, 0.3) is 0 Å². The fraction of sp³-hybridized carbons (Fsp3) is 0.400. The Hall–Kier alpha value is -3.35. The van der Waals surface area contributed by atoms with E-state index in [2.05, 4.69) is 34.9 Å². The highest BCUT2D eigenvalue weighted by Crippen LogP contribution is 2.44. The molecule has 2 aliphatic carbocycles. The van der Waals surface area contributed by atoms with Gasteiger partial charge in [-0.2, -0.15) is 0 Å². The second-order valence-electron chi connectivity index (χ2n) is 8.72. The van der Waals surface area contributed by atoms with E-state index in [-0.39, 0.29) is 24.9 Å². The molecule has 0 saturated heterocycles. The molecule has 0 aromatic heterocycles. The summed E-state index contributed by atoms with van der Waals surface area (Å²) < 4.78 is 5.51. The SMILES string of the molecule is C[C@H](CC(=O)NC1(C(=O)O)CCCC1)NC(=O)OCC1c2ccccc2-c2ccccc21. The molecule has 0 aliphatic heterocycles. The number of amides is 2. The van der Waals surface area contributed by atoms with Crippen molar-refractivity contribution in [3.8, 4) is 11.1 Å². The summed E-state index contributed by atoms with van der Waals surface area (Å²) in [6.07, 6.45) is 1.81. The molecule has 1 fully saturated rings. The van der Waals surface area contributed by atoms with Crippen molar-refractivity contribution in [3.05, 3.63) is 59.7 Å². The zero-order chi connectivity index (χ0) is 22.7. The highest BCUT2D eigenvalue weighted by atomic mass is 16.5. The molecule has 7 heteroatoms. The van der Waals surface area contributed by atoms with E-state index in [9.17, 15) is 19.5 Å². The molecule has 3 N–H and O–H groups in total. The molecule has 0 bridgehead atoms. The van der Waals surface area contributed by atoms with E-state index < -0.39 is 23.6 Å². The van der Waals surface area contributed by atoms with Gasteiger partial charge in [-0.1, -0.05) is 61.4 Å². The van der Waals surface area contributed by atoms with Crippen LogP contribution in [0.15, 0.2) is 48.5 Å². The van der Waals surface area contributed by atoms with Gasteiger partial charge < -0.3 is 20.5 Å². The number of alkyl carbamates (subject to hydrolysis) is 1. The molecule has 168 valence electrons. The van der Waals surface area contributed by atoms with Crippen LogP contribution in [0.5, 0.6) is 0 Å². The second kappa shape index (κ2) is 9.02. The number of aliphatic carboxylic acids is 1. The van der Waals surface area contributed by atoms with Crippen LogP contribution in [-0.2, 0) is 14.3 Å². The van der Waals surface area contributed by atoms with Crippen molar-refractivity contribution in [2.45, 2.75) is 56.5 Å². The van der Waals surface area contributed by atoms with Gasteiger partial charge in [-0.15, -0.1) is 0 Å². The number of hydrogen-bond acceptors (Lipinski definition) is 4. The number of carboxylic acids is 1. The molecule has 2 aliphatic rings. The first-order chi connectivity index (χ1) is 15.4. The minimum atomic E-state index is -1.18. The summed E-state index contributed by atoms with van der Waals surface area (Å²) >= 11 is 0. The van der Waals surface area contributed by atoms with Crippen LogP contribution in [0.2, 0.25) is 0 Å². The van der Waals surface area contributed by atoms with Gasteiger partial charge in [-0.25, -0.2) is 9.59 Å². The lowest BCUT2D eigenvalue weighted by Crippen LogP contribution is -2.53. The van der Waals surface area contributed by atoms with Gasteiger partial charge in [0.1, 0.15) is 12.1 Å². The monoisotopic (exact) mass is 436 g/mol. The van der Waals surface area contributed by atoms with Gasteiger partial charge in [0.2, 0.25) is 5.91 Å². The van der Waals surface area contributed by atoms with Crippen molar-refractivity contribution in [1.29, 1.82) is 0 Å². The summed E-state index contributed by atoms with van der Waals surface area (Å²) in [4.78, 5) is 36.4. The summed E-state index contributed by atoms with van der Waals surface area (Å²) in [5.41, 5.74) is 3.39. The first kappa shape index (κ1) is 21.9. The average molecular weight is 437 g/mol. The lowest BCUT2D eigenvalue weighted by atomic mass is 9.97. The van der Waals surface area contributed by atoms with E-state index in [1.54, 1.807) is 6.92 Å². The molecular formula is C25H28N2O5. The number of benzene rings is 2. The quantitative estimate of drug-likeness (QED) is 0.612. The Morgan fingerprint density at radius 1 is 1.03 bits per heavy atom. The van der Waals surface area contributed by atoms with E-state index in [0.29, 0.717) is 12.8 Å². The van der Waals surface area contributed by atoms with Crippen molar-refractivity contribution < 1.29 is 24.2 Å². The lowest BCUT2D eigenvalue weighted by molar-refractivity contribution is -0.147. The Kier molecular flexibility index (Phi) is 6.17. The number of carboxylic acid groups (broad SMARTS) is 1. The lowest BCUT2D eigenvalue weighted by Gasteiger charge is -2.26. The fourth-order valence-electron chi connectivity index (χ4n) is 4.86. The van der Waals surface area contributed by atoms with Gasteiger partial charge in [0.05, 0.1) is 0 Å². The van der Waals surface area contributed by atoms with Gasteiger partial charge >= 0.3 is 12.1 Å². The summed E-state index contributed by atoms with van der Waals surface area (Å²) in [7, 11) is 0. The van der Waals surface area contributed by atoms with E-state index >= 15 is 0 Å². The van der Waals surface area contributed by atoms with Gasteiger partial charge in [0.15, 0.2) is 0 Å². The van der Waals surface area contributed by atoms with Crippen LogP contribution in [-0.4, -0.2) is 41.3 Å². The van der Waals surface area contributed by atoms with Crippen LogP contribution >= 0.6 is 0 Å². The molecule has 0 unspecified atom stereocenters. The van der Waals surface area contributed by atoms with Crippen LogP contribution in [0.25, 0.3) is 11.1 Å². The molecule has 1 saturated carbocycles. The van der Waals surface area contributed by atoms with Crippen LogP contribution < -0.4 is 10.6 Å². The Labute approximate surface area is 187 Å². The summed E-state index contributed by atoms with van der Waals surface area (Å²) in [5.74, 6) is -1.43. The standard InChI is InChI=1S/C25H28N2O5/c1-16(14-22(28)27-25(23(29)30)12-6-7-13-25)26-24(31)32-15-21-19-10-4-2-8-17(19)18-9-3-5-11-20(18)21/h2-5,8-11,16,21H,6-7,12-15H2,1H3,(H,26,31)(H,27,28)(H,29,30)/t16-/m1/s1. The maximum atomic E-state index is 12.4. The number of ether oxygens (including phenoxy) is 1. The molecule has 4 rings (SSSR count). The topological polar surface area (TPSA) is 105 Å². The molecular weight excluding hydrogens is 408 g/mol. The minimum Gasteiger partial charge on any atom is -0.480 e. The Bertz CT molecular complexity index is 983. The van der Waals surface area contributed by atoms with Gasteiger partial charge in [-0.05, 0) is 42.0 Å². The third kappa shape index (κ3) is 4.33. The molecule has 0 heterocycles. The number of carbonyl (C=O) groups is 3. The summed E-state index contributed by atoms with van der Waals surface area (Å²) in [6.45, 7) is 1.89. The fourth-order valence-corrected chi connectivity index (χ4v) is 4.86. The average Bonchev–Trinajstić information content (AvgIpc) is 3.36. The molecule has 0 radical (unpaired) electrons. The Balaban J connectivity index is 1.31. The highest BCUT2D eigenvalue weighted by Gasteiger charge is 2.42. The van der Waals surface area contributed by atoms with Gasteiger partial charge in [0, 0.05) is 18.4 Å². The predicted molar refractivity (Wildman–Crippen MR) is 119 cm³/mol. The number of carbonyl (C=O) groups excluding carboxylic acids is 2. The van der Waals surface area contributed by atoms with Crippen molar-refractivity contribution in [1.82, 2.24) is 10.6 Å². The summed E-state index contributed by atoms with van der Waals surface area (Å²) in [6, 6.07) is 15.7. The van der Waals surface area contributed by atoms with Crippen molar-refractivity contribution in [2.24, 2.45) is 0 Å². The first-order valence-corrected chi connectivity index (χ1v) is 11.1. The molecule has 2 aromatic rings. The molecule has 2 aromatic carbocycles. The van der Waals surface area contributed by atoms with Crippen molar-refractivity contribution in [2.75, 3.05) is 6.61 Å². The zero-order valence-corrected chi connectivity index (χ0v) is 18.1. The minimum absolute atomic E-state index is 0.0147. The van der Waals surface area contributed by atoms with Crippen LogP contribution in [0.1, 0.15) is 56.1 Å². The van der Waals surface area contributed by atoms with E-state index in [0.717, 1.165) is 35.1 Å². The normalized spacial score (nSPS) is 17.2. The van der Waals surface area contributed by atoms with Crippen LogP contribution in [0.4, 0.5) is 4.79 Å². The third-order valence-corrected chi connectivity index (χ3v) is 6.44. The third-order valence-electron chi connectivity index (χ3n) is 6.44. The second-order valence-corrected chi connectivity index (χ2v) is 8.72. The Morgan fingerprint density at radius 3 is 2.16 bits per heavy atom. The van der Waals surface area contributed by atoms with Crippen LogP contribution in [0, 0.1) is 0 Å². The Morgan fingerprint density at radius 2 is 1.59 bits per heavy atom. The maximum Gasteiger partial charge on any atom is 0.407 e. The smallest absolute Gasteiger partial charge is 0.407 e. The molecule has 0 spiro atoms. The van der Waals surface area contributed by atoms with Gasteiger partial charge in [-0.3, -0.25) is 4.79 Å². The largest absolute Gasteiger partial charge is 0.480 e. The molecule has 1 atom stereocenters. The number of fused-ring (bicyclic) bond motifs is 3. The van der Waals surface area contributed by atoms with Crippen molar-refractivity contribution >= 4 is 18.0 Å². The number of nitrogens with one attached hydrogen (secondary N) is 2. The molecule has 32 heavy (non-hydrogen) atoms. The molecule has 7 nitrogen and oxygen atoms in total. The number of hydrogen-bond donors (Lipinski definition) is 3. The first-order valence-electron chi connectivity index (χ1n) is 11.1. The summed E-state index contributed by atoms with van der Waals surface area (Å²) in [5, 5.41) is 14.8. The van der Waals surface area contributed by atoms with E-state index in [1.807, 2.05) is 24.3 Å². The molecule has 2 amide bonds. The van der Waals surface area contributed by atoms with E-state index in [1.165, 1.54) is 0 Å². The van der Waals surface area contributed by atoms with Crippen molar-refractivity contribution in [3.63, 3.8) is 0 Å². The predicted octanol–water partition coefficient (Wildman–Crippen LogP) is 3.82. The maximum absolute atomic E-state index is 12.4. The zero-order valence-electron chi connectivity index (χ0n) is 18.1. The highest BCUT2D eigenvalue weighted by molar-refractivity contribution is 5.87.